The lowest BCUT2D eigenvalue weighted by Crippen LogP contribution is -2.45. The van der Waals surface area contributed by atoms with Crippen LogP contribution in [0.25, 0.3) is 0 Å². The smallest absolute Gasteiger partial charge is 0.142 e. The molecule has 1 N–H and O–H groups in total. The number of hydrogen-bond donors (Lipinski definition) is 1. The molecule has 1 aromatic rings. The maximum atomic E-state index is 13.6. The van der Waals surface area contributed by atoms with Crippen LogP contribution >= 0.6 is 23.2 Å². The monoisotopic (exact) mass is 334 g/mol. The summed E-state index contributed by atoms with van der Waals surface area (Å²) >= 11 is 12.2. The van der Waals surface area contributed by atoms with Crippen molar-refractivity contribution in [2.45, 2.75) is 25.9 Å². The van der Waals surface area contributed by atoms with Crippen LogP contribution in [0.3, 0.4) is 0 Å². The van der Waals surface area contributed by atoms with E-state index in [2.05, 4.69) is 17.1 Å². The Morgan fingerprint density at radius 2 is 1.95 bits per heavy atom. The van der Waals surface area contributed by atoms with Crippen LogP contribution in [0.1, 0.15) is 25.5 Å². The van der Waals surface area contributed by atoms with Gasteiger partial charge >= 0.3 is 0 Å². The van der Waals surface area contributed by atoms with Gasteiger partial charge < -0.3 is 10.1 Å². The number of nitrogens with zero attached hydrogens (tertiary/aromatic N) is 1. The molecule has 6 heteroatoms. The summed E-state index contributed by atoms with van der Waals surface area (Å²) in [5, 5.41) is 4.02. The minimum atomic E-state index is -0.439. The first kappa shape index (κ1) is 17.0. The third kappa shape index (κ3) is 4.54. The van der Waals surface area contributed by atoms with Gasteiger partial charge in [0.1, 0.15) is 5.82 Å². The van der Waals surface area contributed by atoms with Crippen molar-refractivity contribution in [2.75, 3.05) is 32.8 Å². The molecular weight excluding hydrogens is 314 g/mol. The molecule has 0 radical (unpaired) electrons. The molecule has 118 valence electrons. The van der Waals surface area contributed by atoms with Gasteiger partial charge in [0, 0.05) is 42.3 Å². The van der Waals surface area contributed by atoms with Gasteiger partial charge in [-0.05, 0) is 26.0 Å². The average Bonchev–Trinajstić information content (AvgIpc) is 2.44. The van der Waals surface area contributed by atoms with E-state index in [-0.39, 0.29) is 17.1 Å². The normalized spacial score (nSPS) is 19.5. The van der Waals surface area contributed by atoms with Crippen LogP contribution in [0.15, 0.2) is 12.1 Å². The van der Waals surface area contributed by atoms with Crippen LogP contribution in [0.4, 0.5) is 4.39 Å². The van der Waals surface area contributed by atoms with Crippen LogP contribution in [0, 0.1) is 5.82 Å². The molecule has 3 nitrogen and oxygen atoms in total. The molecule has 2 atom stereocenters. The molecular formula is C15H21Cl2FN2O. The molecule has 1 aromatic carbocycles. The molecule has 0 amide bonds. The molecule has 0 aromatic heterocycles. The first-order valence-electron chi connectivity index (χ1n) is 7.18. The maximum absolute atomic E-state index is 13.6. The topological polar surface area (TPSA) is 24.5 Å². The van der Waals surface area contributed by atoms with E-state index in [0.29, 0.717) is 10.6 Å². The quantitative estimate of drug-likeness (QED) is 0.834. The molecule has 1 aliphatic heterocycles. The zero-order chi connectivity index (χ0) is 15.4. The zero-order valence-electron chi connectivity index (χ0n) is 12.3. The summed E-state index contributed by atoms with van der Waals surface area (Å²) in [4.78, 5) is 2.35. The van der Waals surface area contributed by atoms with Crippen LogP contribution in [0.5, 0.6) is 0 Å². The average molecular weight is 335 g/mol. The van der Waals surface area contributed by atoms with Crippen LogP contribution in [0.2, 0.25) is 10.0 Å². The summed E-state index contributed by atoms with van der Waals surface area (Å²) in [5.41, 5.74) is 0.618. The van der Waals surface area contributed by atoms with Gasteiger partial charge in [-0.2, -0.15) is 0 Å². The van der Waals surface area contributed by atoms with E-state index in [4.69, 9.17) is 27.9 Å². The summed E-state index contributed by atoms with van der Waals surface area (Å²) < 4.78 is 18.9. The van der Waals surface area contributed by atoms with Gasteiger partial charge in [0.05, 0.1) is 18.2 Å². The van der Waals surface area contributed by atoms with Gasteiger partial charge in [-0.3, -0.25) is 4.90 Å². The molecule has 0 spiro atoms. The fourth-order valence-electron chi connectivity index (χ4n) is 2.67. The number of rotatable bonds is 5. The van der Waals surface area contributed by atoms with Crippen molar-refractivity contribution in [3.05, 3.63) is 33.6 Å². The van der Waals surface area contributed by atoms with Gasteiger partial charge in [0.15, 0.2) is 0 Å². The summed E-state index contributed by atoms with van der Waals surface area (Å²) in [6.07, 6.45) is 0. The molecule has 1 aliphatic rings. The first-order chi connectivity index (χ1) is 9.99. The van der Waals surface area contributed by atoms with Crippen LogP contribution in [-0.4, -0.2) is 43.8 Å². The Bertz CT molecular complexity index is 481. The fraction of sp³-hybridized carbons (Fsp3) is 0.600. The number of hydrogen-bond acceptors (Lipinski definition) is 3. The van der Waals surface area contributed by atoms with Gasteiger partial charge in [-0.1, -0.05) is 23.2 Å². The molecule has 2 rings (SSSR count). The highest BCUT2D eigenvalue weighted by atomic mass is 35.5. The largest absolute Gasteiger partial charge is 0.379 e. The van der Waals surface area contributed by atoms with Crippen LogP contribution in [-0.2, 0) is 4.74 Å². The third-order valence-electron chi connectivity index (χ3n) is 3.68. The lowest BCUT2D eigenvalue weighted by Gasteiger charge is -2.31. The van der Waals surface area contributed by atoms with Crippen molar-refractivity contribution in [1.29, 1.82) is 0 Å². The van der Waals surface area contributed by atoms with E-state index in [1.54, 1.807) is 6.07 Å². The Kier molecular flexibility index (Phi) is 6.26. The second kappa shape index (κ2) is 7.75. The van der Waals surface area contributed by atoms with E-state index in [1.807, 2.05) is 6.92 Å². The summed E-state index contributed by atoms with van der Waals surface area (Å²) in [6, 6.07) is 2.96. The summed E-state index contributed by atoms with van der Waals surface area (Å²) in [5.74, 6) is -0.439. The molecule has 0 saturated carbocycles. The van der Waals surface area contributed by atoms with Crippen molar-refractivity contribution in [3.8, 4) is 0 Å². The summed E-state index contributed by atoms with van der Waals surface area (Å²) in [7, 11) is 0. The Morgan fingerprint density at radius 3 is 2.62 bits per heavy atom. The highest BCUT2D eigenvalue weighted by Crippen LogP contribution is 2.32. The summed E-state index contributed by atoms with van der Waals surface area (Å²) in [6.45, 7) is 8.42. The maximum Gasteiger partial charge on any atom is 0.142 e. The molecule has 2 unspecified atom stereocenters. The Labute approximate surface area is 135 Å². The van der Waals surface area contributed by atoms with E-state index in [9.17, 15) is 4.39 Å². The SMILES string of the molecule is CC(CN1CCOCC1)NC(C)c1c(Cl)ccc(F)c1Cl. The van der Waals surface area contributed by atoms with Gasteiger partial charge in [-0.15, -0.1) is 0 Å². The molecule has 0 bridgehead atoms. The van der Waals surface area contributed by atoms with Crippen LogP contribution < -0.4 is 5.32 Å². The first-order valence-corrected chi connectivity index (χ1v) is 7.94. The predicted octanol–water partition coefficient (Wildman–Crippen LogP) is 3.50. The number of morpholine rings is 1. The fourth-order valence-corrected chi connectivity index (χ4v) is 3.37. The lowest BCUT2D eigenvalue weighted by molar-refractivity contribution is 0.0339. The van der Waals surface area contributed by atoms with E-state index >= 15 is 0 Å². The van der Waals surface area contributed by atoms with E-state index < -0.39 is 5.82 Å². The van der Waals surface area contributed by atoms with Crippen molar-refractivity contribution < 1.29 is 9.13 Å². The Morgan fingerprint density at radius 1 is 1.29 bits per heavy atom. The number of halogens is 3. The predicted molar refractivity (Wildman–Crippen MR) is 84.7 cm³/mol. The number of benzene rings is 1. The minimum Gasteiger partial charge on any atom is -0.379 e. The van der Waals surface area contributed by atoms with Gasteiger partial charge in [0.25, 0.3) is 0 Å². The van der Waals surface area contributed by atoms with Crippen molar-refractivity contribution in [1.82, 2.24) is 10.2 Å². The second-order valence-corrected chi connectivity index (χ2v) is 6.24. The Hall–Kier alpha value is -0.390. The van der Waals surface area contributed by atoms with E-state index in [0.717, 1.165) is 32.8 Å². The Balaban J connectivity index is 1.97. The molecule has 1 heterocycles. The molecule has 1 fully saturated rings. The molecule has 1 saturated heterocycles. The molecule has 0 aliphatic carbocycles. The van der Waals surface area contributed by atoms with Crippen molar-refractivity contribution in [2.24, 2.45) is 0 Å². The molecule has 21 heavy (non-hydrogen) atoms. The van der Waals surface area contributed by atoms with Gasteiger partial charge in [0.2, 0.25) is 0 Å². The van der Waals surface area contributed by atoms with Gasteiger partial charge in [-0.25, -0.2) is 4.39 Å². The van der Waals surface area contributed by atoms with Crippen molar-refractivity contribution >= 4 is 23.2 Å². The number of ether oxygens (including phenoxy) is 1. The van der Waals surface area contributed by atoms with E-state index in [1.165, 1.54) is 6.07 Å². The second-order valence-electron chi connectivity index (χ2n) is 5.46. The lowest BCUT2D eigenvalue weighted by atomic mass is 10.1. The zero-order valence-corrected chi connectivity index (χ0v) is 13.8. The highest BCUT2D eigenvalue weighted by molar-refractivity contribution is 6.36. The number of nitrogens with one attached hydrogen (secondary N) is 1. The highest BCUT2D eigenvalue weighted by Gasteiger charge is 2.20. The third-order valence-corrected chi connectivity index (χ3v) is 4.40. The standard InChI is InChI=1S/C15H21Cl2FN2O/c1-10(9-20-5-7-21-8-6-20)19-11(2)14-12(16)3-4-13(18)15(14)17/h3-4,10-11,19H,5-9H2,1-2H3. The van der Waals surface area contributed by atoms with Crippen molar-refractivity contribution in [3.63, 3.8) is 0 Å². The minimum absolute atomic E-state index is 0.0982.